The molecule has 0 aromatic carbocycles. The Hall–Kier alpha value is -0.790. The topological polar surface area (TPSA) is 99.5 Å². The van der Waals surface area contributed by atoms with Crippen molar-refractivity contribution in [3.63, 3.8) is 0 Å². The Morgan fingerprint density at radius 1 is 1.38 bits per heavy atom. The number of carbonyl (C=O) groups is 1. The van der Waals surface area contributed by atoms with Crippen molar-refractivity contribution < 1.29 is 29.6 Å². The highest BCUT2D eigenvalue weighted by atomic mass is 16.6. The van der Waals surface area contributed by atoms with Gasteiger partial charge in [0, 0.05) is 18.3 Å². The van der Waals surface area contributed by atoms with E-state index in [9.17, 15) is 20.1 Å². The molecule has 8 atom stereocenters. The Balaban J connectivity index is 2.07. The maximum atomic E-state index is 13.0. The summed E-state index contributed by atoms with van der Waals surface area (Å²) >= 11 is 0. The number of epoxide rings is 1. The molecule has 2 saturated heterocycles. The summed E-state index contributed by atoms with van der Waals surface area (Å²) in [5, 5.41) is 30.4. The van der Waals surface area contributed by atoms with Crippen molar-refractivity contribution in [1.82, 2.24) is 0 Å². The van der Waals surface area contributed by atoms with Gasteiger partial charge in [0.25, 0.3) is 0 Å². The lowest BCUT2D eigenvalue weighted by Gasteiger charge is -2.40. The van der Waals surface area contributed by atoms with Crippen LogP contribution in [0.4, 0.5) is 0 Å². The van der Waals surface area contributed by atoms with E-state index in [1.807, 2.05) is 26.8 Å². The molecule has 0 amide bonds. The smallest absolute Gasteiger partial charge is 0.167 e. The Bertz CT molecular complexity index is 534. The quantitative estimate of drug-likeness (QED) is 0.444. The highest BCUT2D eigenvalue weighted by Crippen LogP contribution is 2.50. The molecule has 2 heterocycles. The number of aliphatic hydroxyl groups excluding tert-OH is 2. The molecule has 0 radical (unpaired) electrons. The molecule has 2 rings (SSSR count). The molecule has 0 bridgehead atoms. The average Bonchev–Trinajstić information content (AvgIpc) is 3.29. The second kappa shape index (κ2) is 8.07. The standard InChI is InChI=1S/C20H34O6/c1-6-8-12(3)18-19(5,26-18)13(4)14(10-21)17(23)15-11-25-20(24,7-2)9-16(15)22/h6,8,12-16,18,21-22,24H,7,9-11H2,1-5H3/b8-6-/t12-,13-,14+,15-,16?,18+,19?,20?/m0/s1. The van der Waals surface area contributed by atoms with Crippen LogP contribution in [-0.2, 0) is 14.3 Å². The fourth-order valence-corrected chi connectivity index (χ4v) is 4.21. The Labute approximate surface area is 156 Å². The first-order valence-corrected chi connectivity index (χ1v) is 9.63. The summed E-state index contributed by atoms with van der Waals surface area (Å²) in [5.74, 6) is -2.95. The SMILES string of the molecule is C/C=C\[C@H](C)[C@H]1OC1(C)[C@@H](C)[C@@H](CO)C(=O)[C@H]1COC(O)(CC)CC1O. The second-order valence-electron chi connectivity index (χ2n) is 8.08. The molecule has 6 heteroatoms. The highest BCUT2D eigenvalue weighted by molar-refractivity contribution is 5.84. The number of ketones is 1. The summed E-state index contributed by atoms with van der Waals surface area (Å²) < 4.78 is 11.4. The Kier molecular flexibility index (Phi) is 6.67. The molecule has 2 fully saturated rings. The first-order chi connectivity index (χ1) is 12.1. The van der Waals surface area contributed by atoms with E-state index in [0.717, 1.165) is 0 Å². The fourth-order valence-electron chi connectivity index (χ4n) is 4.21. The third-order valence-corrected chi connectivity index (χ3v) is 6.37. The molecule has 2 aliphatic rings. The first kappa shape index (κ1) is 21.5. The van der Waals surface area contributed by atoms with E-state index in [1.54, 1.807) is 6.92 Å². The molecule has 3 N–H and O–H groups in total. The predicted molar refractivity (Wildman–Crippen MR) is 97.3 cm³/mol. The van der Waals surface area contributed by atoms with Crippen molar-refractivity contribution >= 4 is 5.78 Å². The van der Waals surface area contributed by atoms with E-state index in [0.29, 0.717) is 6.42 Å². The van der Waals surface area contributed by atoms with Crippen molar-refractivity contribution in [3.8, 4) is 0 Å². The number of rotatable bonds is 8. The van der Waals surface area contributed by atoms with Crippen LogP contribution in [-0.4, -0.2) is 57.9 Å². The third kappa shape index (κ3) is 4.04. The van der Waals surface area contributed by atoms with E-state index in [-0.39, 0.29) is 43.4 Å². The van der Waals surface area contributed by atoms with E-state index < -0.39 is 29.3 Å². The van der Waals surface area contributed by atoms with Crippen LogP contribution in [0.5, 0.6) is 0 Å². The summed E-state index contributed by atoms with van der Waals surface area (Å²) in [6.07, 6.45) is 3.43. The van der Waals surface area contributed by atoms with Crippen LogP contribution in [0.3, 0.4) is 0 Å². The minimum absolute atomic E-state index is 0.00115. The number of hydrogen-bond donors (Lipinski definition) is 3. The Morgan fingerprint density at radius 3 is 2.54 bits per heavy atom. The molecule has 150 valence electrons. The van der Waals surface area contributed by atoms with Gasteiger partial charge in [-0.15, -0.1) is 0 Å². The molecule has 3 unspecified atom stereocenters. The predicted octanol–water partition coefficient (Wildman–Crippen LogP) is 1.67. The minimum atomic E-state index is -1.38. The van der Waals surface area contributed by atoms with E-state index in [2.05, 4.69) is 13.0 Å². The lowest BCUT2D eigenvalue weighted by molar-refractivity contribution is -0.258. The zero-order valence-corrected chi connectivity index (χ0v) is 16.5. The monoisotopic (exact) mass is 370 g/mol. The summed E-state index contributed by atoms with van der Waals surface area (Å²) in [5.41, 5.74) is -0.480. The number of allylic oxidation sites excluding steroid dienone is 1. The van der Waals surface area contributed by atoms with Crippen molar-refractivity contribution in [3.05, 3.63) is 12.2 Å². The van der Waals surface area contributed by atoms with Crippen molar-refractivity contribution in [2.75, 3.05) is 13.2 Å². The number of hydrogen-bond acceptors (Lipinski definition) is 6. The van der Waals surface area contributed by atoms with Crippen LogP contribution in [0.2, 0.25) is 0 Å². The maximum Gasteiger partial charge on any atom is 0.167 e. The fraction of sp³-hybridized carbons (Fsp3) is 0.850. The summed E-state index contributed by atoms with van der Waals surface area (Å²) in [4.78, 5) is 13.0. The van der Waals surface area contributed by atoms with Crippen LogP contribution in [0, 0.1) is 23.7 Å². The molecule has 0 aromatic heterocycles. The molecule has 0 aromatic rings. The number of ether oxygens (including phenoxy) is 2. The molecule has 0 saturated carbocycles. The van der Waals surface area contributed by atoms with Gasteiger partial charge in [-0.3, -0.25) is 4.79 Å². The molecular weight excluding hydrogens is 336 g/mol. The van der Waals surface area contributed by atoms with Crippen LogP contribution in [0.15, 0.2) is 12.2 Å². The average molecular weight is 370 g/mol. The zero-order chi connectivity index (χ0) is 19.7. The van der Waals surface area contributed by atoms with Gasteiger partial charge in [0.15, 0.2) is 5.79 Å². The number of Topliss-reactive ketones (excluding diaryl/α,β-unsaturated/α-hetero) is 1. The largest absolute Gasteiger partial charge is 0.396 e. The van der Waals surface area contributed by atoms with Crippen LogP contribution in [0.25, 0.3) is 0 Å². The van der Waals surface area contributed by atoms with Gasteiger partial charge in [0.2, 0.25) is 0 Å². The van der Waals surface area contributed by atoms with Crippen LogP contribution in [0.1, 0.15) is 47.5 Å². The summed E-state index contributed by atoms with van der Waals surface area (Å²) in [6.45, 7) is 9.35. The van der Waals surface area contributed by atoms with Gasteiger partial charge in [-0.05, 0) is 26.2 Å². The molecule has 2 aliphatic heterocycles. The van der Waals surface area contributed by atoms with E-state index in [1.165, 1.54) is 0 Å². The van der Waals surface area contributed by atoms with E-state index >= 15 is 0 Å². The van der Waals surface area contributed by atoms with Crippen LogP contribution >= 0.6 is 0 Å². The van der Waals surface area contributed by atoms with Gasteiger partial charge >= 0.3 is 0 Å². The van der Waals surface area contributed by atoms with Gasteiger partial charge in [-0.25, -0.2) is 0 Å². The highest BCUT2D eigenvalue weighted by Gasteiger charge is 2.60. The van der Waals surface area contributed by atoms with Crippen molar-refractivity contribution in [1.29, 1.82) is 0 Å². The van der Waals surface area contributed by atoms with Gasteiger partial charge in [0.1, 0.15) is 5.78 Å². The van der Waals surface area contributed by atoms with Crippen molar-refractivity contribution in [2.45, 2.75) is 71.1 Å². The van der Waals surface area contributed by atoms with Gasteiger partial charge in [-0.1, -0.05) is 32.9 Å². The summed E-state index contributed by atoms with van der Waals surface area (Å²) in [6, 6.07) is 0. The lowest BCUT2D eigenvalue weighted by atomic mass is 9.73. The third-order valence-electron chi connectivity index (χ3n) is 6.37. The number of carbonyl (C=O) groups excluding carboxylic acids is 1. The summed E-state index contributed by atoms with van der Waals surface area (Å²) in [7, 11) is 0. The normalized spacial score (nSPS) is 41.0. The lowest BCUT2D eigenvalue weighted by Crippen LogP contribution is -2.51. The minimum Gasteiger partial charge on any atom is -0.396 e. The molecule has 0 spiro atoms. The van der Waals surface area contributed by atoms with Crippen LogP contribution < -0.4 is 0 Å². The molecule has 26 heavy (non-hydrogen) atoms. The van der Waals surface area contributed by atoms with Gasteiger partial charge < -0.3 is 24.8 Å². The van der Waals surface area contributed by atoms with Gasteiger partial charge in [-0.2, -0.15) is 0 Å². The van der Waals surface area contributed by atoms with E-state index in [4.69, 9.17) is 9.47 Å². The molecule has 6 nitrogen and oxygen atoms in total. The number of aliphatic hydroxyl groups is 3. The zero-order valence-electron chi connectivity index (χ0n) is 16.5. The molecular formula is C20H34O6. The Morgan fingerprint density at radius 2 is 2.04 bits per heavy atom. The van der Waals surface area contributed by atoms with Gasteiger partial charge in [0.05, 0.1) is 36.9 Å². The van der Waals surface area contributed by atoms with Crippen molar-refractivity contribution in [2.24, 2.45) is 23.7 Å². The maximum absolute atomic E-state index is 13.0. The molecule has 0 aliphatic carbocycles. The second-order valence-corrected chi connectivity index (χ2v) is 8.08. The first-order valence-electron chi connectivity index (χ1n) is 9.63.